The van der Waals surface area contributed by atoms with Crippen LogP contribution in [0.15, 0.2) is 29.2 Å². The second-order valence-corrected chi connectivity index (χ2v) is 11.0. The smallest absolute Gasteiger partial charge is 0.243 e. The van der Waals surface area contributed by atoms with Gasteiger partial charge in [-0.3, -0.25) is 9.59 Å². The van der Waals surface area contributed by atoms with Crippen LogP contribution in [0.5, 0.6) is 0 Å². The monoisotopic (exact) mass is 459 g/mol. The van der Waals surface area contributed by atoms with E-state index in [1.807, 2.05) is 12.1 Å². The maximum Gasteiger partial charge on any atom is 0.243 e. The molecule has 1 saturated carbocycles. The summed E-state index contributed by atoms with van der Waals surface area (Å²) in [5.74, 6) is 2.94. The molecule has 0 unspecified atom stereocenters. The summed E-state index contributed by atoms with van der Waals surface area (Å²) in [4.78, 5) is 26.4. The minimum absolute atomic E-state index is 0.0431. The lowest BCUT2D eigenvalue weighted by molar-refractivity contribution is -0.132. The molecule has 0 bridgehead atoms. The van der Waals surface area contributed by atoms with Crippen molar-refractivity contribution in [3.05, 3.63) is 29.8 Å². The van der Waals surface area contributed by atoms with E-state index in [0.717, 1.165) is 18.4 Å². The summed E-state index contributed by atoms with van der Waals surface area (Å²) in [5.41, 5.74) is 0.943. The summed E-state index contributed by atoms with van der Waals surface area (Å²) < 4.78 is 27.3. The van der Waals surface area contributed by atoms with Gasteiger partial charge in [-0.25, -0.2) is 8.42 Å². The van der Waals surface area contributed by atoms with Crippen molar-refractivity contribution in [1.82, 2.24) is 14.5 Å². The van der Waals surface area contributed by atoms with Crippen LogP contribution in [0.3, 0.4) is 0 Å². The summed E-state index contributed by atoms with van der Waals surface area (Å²) in [7, 11) is -3.57. The Bertz CT molecular complexity index is 967. The average molecular weight is 460 g/mol. The van der Waals surface area contributed by atoms with Gasteiger partial charge in [0.15, 0.2) is 0 Å². The van der Waals surface area contributed by atoms with Crippen molar-refractivity contribution in [3.63, 3.8) is 0 Å². The Morgan fingerprint density at radius 3 is 2.25 bits per heavy atom. The van der Waals surface area contributed by atoms with Gasteiger partial charge in [0.2, 0.25) is 21.8 Å². The molecule has 8 heteroatoms. The van der Waals surface area contributed by atoms with Crippen molar-refractivity contribution < 1.29 is 18.0 Å². The van der Waals surface area contributed by atoms with Crippen molar-refractivity contribution in [1.29, 1.82) is 0 Å². The van der Waals surface area contributed by atoms with Gasteiger partial charge in [0, 0.05) is 51.0 Å². The topological polar surface area (TPSA) is 86.8 Å². The fourth-order valence-corrected chi connectivity index (χ4v) is 5.21. The van der Waals surface area contributed by atoms with Crippen LogP contribution in [0, 0.1) is 17.8 Å². The molecule has 32 heavy (non-hydrogen) atoms. The molecule has 1 aliphatic heterocycles. The summed E-state index contributed by atoms with van der Waals surface area (Å²) in [6, 6.07) is 7.01. The first-order chi connectivity index (χ1) is 15.2. The van der Waals surface area contributed by atoms with Crippen LogP contribution in [-0.4, -0.2) is 62.2 Å². The molecule has 1 aliphatic carbocycles. The predicted molar refractivity (Wildman–Crippen MR) is 123 cm³/mol. The molecule has 2 amide bonds. The molecule has 1 N–H and O–H groups in total. The Hall–Kier alpha value is -2.37. The zero-order chi connectivity index (χ0) is 23.4. The van der Waals surface area contributed by atoms with Crippen LogP contribution < -0.4 is 5.32 Å². The van der Waals surface area contributed by atoms with Gasteiger partial charge < -0.3 is 10.2 Å². The van der Waals surface area contributed by atoms with Crippen LogP contribution in [0.25, 0.3) is 0 Å². The van der Waals surface area contributed by atoms with E-state index in [9.17, 15) is 18.0 Å². The average Bonchev–Trinajstić information content (AvgIpc) is 3.58. The first-order valence-corrected chi connectivity index (χ1v) is 12.7. The molecule has 2 fully saturated rings. The highest BCUT2D eigenvalue weighted by Gasteiger charge is 2.40. The molecule has 1 aromatic carbocycles. The number of sulfonamides is 1. The zero-order valence-corrected chi connectivity index (χ0v) is 19.8. The molecular weight excluding hydrogens is 426 g/mol. The molecule has 1 heterocycles. The number of hydrogen-bond acceptors (Lipinski definition) is 4. The lowest BCUT2D eigenvalue weighted by Crippen LogP contribution is -2.50. The fraction of sp³-hybridized carbons (Fsp3) is 0.583. The fourth-order valence-electron chi connectivity index (χ4n) is 3.79. The van der Waals surface area contributed by atoms with E-state index >= 15 is 0 Å². The molecule has 3 rings (SSSR count). The van der Waals surface area contributed by atoms with Crippen LogP contribution in [0.2, 0.25) is 0 Å². The van der Waals surface area contributed by atoms with E-state index in [0.29, 0.717) is 32.0 Å². The van der Waals surface area contributed by atoms with Crippen LogP contribution >= 0.6 is 0 Å². The highest BCUT2D eigenvalue weighted by Crippen LogP contribution is 2.44. The van der Waals surface area contributed by atoms with Crippen molar-refractivity contribution in [2.75, 3.05) is 32.7 Å². The van der Waals surface area contributed by atoms with Gasteiger partial charge in [-0.15, -0.1) is 6.42 Å². The number of piperazine rings is 1. The first-order valence-electron chi connectivity index (χ1n) is 11.3. The maximum atomic E-state index is 12.9. The van der Waals surface area contributed by atoms with Crippen LogP contribution in [0.4, 0.5) is 0 Å². The summed E-state index contributed by atoms with van der Waals surface area (Å²) in [6.07, 6.45) is 8.40. The lowest BCUT2D eigenvalue weighted by atomic mass is 10.0. The molecular formula is C24H33N3O4S. The van der Waals surface area contributed by atoms with Crippen molar-refractivity contribution in [2.45, 2.75) is 56.8 Å². The van der Waals surface area contributed by atoms with Crippen molar-refractivity contribution in [3.8, 4) is 12.3 Å². The van der Waals surface area contributed by atoms with Crippen molar-refractivity contribution >= 4 is 21.8 Å². The van der Waals surface area contributed by atoms with Crippen LogP contribution in [-0.2, 0) is 19.6 Å². The standard InChI is InChI=1S/C24H33N3O4S/c1-4-24(12-13-24)18-25-22(28)6-5-7-23(29)26-14-16-27(17-15-26)32(30,31)21-10-8-20(9-11-21)19(2)3/h1,8-11,19H,5-7,12-18H2,2-3H3,(H,25,28). The molecule has 1 aromatic rings. The zero-order valence-electron chi connectivity index (χ0n) is 19.0. The van der Waals surface area contributed by atoms with Gasteiger partial charge in [-0.2, -0.15) is 4.31 Å². The SMILES string of the molecule is C#CC1(CNC(=O)CCCC(=O)N2CCN(S(=O)(=O)c3ccc(C(C)C)cc3)CC2)CC1. The normalized spacial score (nSPS) is 18.2. The third kappa shape index (κ3) is 5.90. The van der Waals surface area contributed by atoms with Gasteiger partial charge in [0.25, 0.3) is 0 Å². The summed E-state index contributed by atoms with van der Waals surface area (Å²) in [5, 5.41) is 2.86. The molecule has 0 atom stereocenters. The van der Waals surface area contributed by atoms with Gasteiger partial charge in [0.05, 0.1) is 4.90 Å². The second-order valence-electron chi connectivity index (χ2n) is 9.06. The largest absolute Gasteiger partial charge is 0.355 e. The third-order valence-corrected chi connectivity index (χ3v) is 8.27. The van der Waals surface area contributed by atoms with E-state index in [1.54, 1.807) is 17.0 Å². The van der Waals surface area contributed by atoms with E-state index in [1.165, 1.54) is 4.31 Å². The highest BCUT2D eigenvalue weighted by atomic mass is 32.2. The lowest BCUT2D eigenvalue weighted by Gasteiger charge is -2.34. The number of rotatable bonds is 9. The van der Waals surface area contributed by atoms with E-state index in [-0.39, 0.29) is 48.1 Å². The third-order valence-electron chi connectivity index (χ3n) is 6.35. The molecule has 7 nitrogen and oxygen atoms in total. The summed E-state index contributed by atoms with van der Waals surface area (Å²) in [6.45, 7) is 5.90. The number of carbonyl (C=O) groups is 2. The predicted octanol–water partition coefficient (Wildman–Crippen LogP) is 2.34. The van der Waals surface area contributed by atoms with E-state index in [2.05, 4.69) is 25.1 Å². The quantitative estimate of drug-likeness (QED) is 0.575. The minimum Gasteiger partial charge on any atom is -0.355 e. The second kappa shape index (κ2) is 10.1. The number of benzene rings is 1. The van der Waals surface area contributed by atoms with Gasteiger partial charge in [-0.1, -0.05) is 31.9 Å². The number of nitrogens with one attached hydrogen (secondary N) is 1. The highest BCUT2D eigenvalue weighted by molar-refractivity contribution is 7.89. The molecule has 174 valence electrons. The Morgan fingerprint density at radius 2 is 1.72 bits per heavy atom. The Labute approximate surface area is 191 Å². The molecule has 0 spiro atoms. The van der Waals surface area contributed by atoms with E-state index in [4.69, 9.17) is 6.42 Å². The van der Waals surface area contributed by atoms with E-state index < -0.39 is 10.0 Å². The van der Waals surface area contributed by atoms with Gasteiger partial charge in [-0.05, 0) is 42.9 Å². The molecule has 2 aliphatic rings. The summed E-state index contributed by atoms with van der Waals surface area (Å²) >= 11 is 0. The minimum atomic E-state index is -3.57. The Kier molecular flexibility index (Phi) is 7.63. The molecule has 0 radical (unpaired) electrons. The van der Waals surface area contributed by atoms with Gasteiger partial charge in [0.1, 0.15) is 0 Å². The Morgan fingerprint density at radius 1 is 1.09 bits per heavy atom. The number of terminal acetylenes is 1. The first kappa shape index (κ1) is 24.3. The maximum absolute atomic E-state index is 12.9. The Balaban J connectivity index is 1.41. The van der Waals surface area contributed by atoms with Crippen molar-refractivity contribution in [2.24, 2.45) is 5.41 Å². The molecule has 0 aromatic heterocycles. The van der Waals surface area contributed by atoms with Crippen LogP contribution in [0.1, 0.15) is 57.4 Å². The number of nitrogens with zero attached hydrogens (tertiary/aromatic N) is 2. The van der Waals surface area contributed by atoms with Gasteiger partial charge >= 0.3 is 0 Å². The number of carbonyl (C=O) groups excluding carboxylic acids is 2. The number of amides is 2. The molecule has 1 saturated heterocycles. The number of hydrogen-bond donors (Lipinski definition) is 1.